The monoisotopic (exact) mass is 262 g/mol. The van der Waals surface area contributed by atoms with Gasteiger partial charge in [-0.15, -0.1) is 0 Å². The second-order valence-electron chi connectivity index (χ2n) is 5.65. The van der Waals surface area contributed by atoms with Crippen molar-refractivity contribution in [3.63, 3.8) is 0 Å². The molecule has 0 saturated carbocycles. The van der Waals surface area contributed by atoms with E-state index in [4.69, 9.17) is 0 Å². The topological polar surface area (TPSA) is 0 Å². The molecule has 0 fully saturated rings. The first kappa shape index (κ1) is 13.2. The van der Waals surface area contributed by atoms with Crippen molar-refractivity contribution >= 4 is 21.5 Å². The van der Waals surface area contributed by atoms with E-state index in [1.807, 2.05) is 0 Å². The molecule has 0 heterocycles. The molecule has 3 aromatic rings. The minimum atomic E-state index is 0.593. The Morgan fingerprint density at radius 3 is 1.60 bits per heavy atom. The van der Waals surface area contributed by atoms with Gasteiger partial charge >= 0.3 is 0 Å². The number of aryl methyl sites for hydroxylation is 1. The molecule has 3 aromatic carbocycles. The first-order valence-corrected chi connectivity index (χ1v) is 7.70. The molecule has 0 radical (unpaired) electrons. The van der Waals surface area contributed by atoms with E-state index < -0.39 is 0 Å². The molecule has 0 aliphatic carbocycles. The highest BCUT2D eigenvalue weighted by Gasteiger charge is 2.15. The van der Waals surface area contributed by atoms with Crippen molar-refractivity contribution in [3.05, 3.63) is 59.7 Å². The van der Waals surface area contributed by atoms with Crippen LogP contribution in [0.1, 0.15) is 44.2 Å². The predicted octanol–water partition coefficient (Wildman–Crippen LogP) is 6.07. The summed E-state index contributed by atoms with van der Waals surface area (Å²) in [5, 5.41) is 5.75. The van der Waals surface area contributed by atoms with Gasteiger partial charge in [-0.2, -0.15) is 0 Å². The van der Waals surface area contributed by atoms with Crippen molar-refractivity contribution in [2.45, 2.75) is 39.5 Å². The normalized spacial score (nSPS) is 12.9. The molecule has 0 saturated heterocycles. The Bertz CT molecular complexity index is 695. The Kier molecular flexibility index (Phi) is 3.48. The fourth-order valence-corrected chi connectivity index (χ4v) is 3.37. The van der Waals surface area contributed by atoms with Crippen molar-refractivity contribution in [3.8, 4) is 0 Å². The molecule has 0 heteroatoms. The lowest BCUT2D eigenvalue weighted by Crippen LogP contribution is -1.98. The van der Waals surface area contributed by atoms with E-state index >= 15 is 0 Å². The molecule has 0 spiro atoms. The number of fused-ring (bicyclic) bond motifs is 2. The summed E-state index contributed by atoms with van der Waals surface area (Å²) in [5.41, 5.74) is 3.01. The Morgan fingerprint density at radius 2 is 1.20 bits per heavy atom. The second kappa shape index (κ2) is 5.28. The molecular formula is C20H22. The predicted molar refractivity (Wildman–Crippen MR) is 89.5 cm³/mol. The number of hydrogen-bond donors (Lipinski definition) is 0. The molecule has 0 amide bonds. The van der Waals surface area contributed by atoms with Gasteiger partial charge in [-0.25, -0.2) is 0 Å². The van der Waals surface area contributed by atoms with Crippen LogP contribution in [0.15, 0.2) is 48.5 Å². The van der Waals surface area contributed by atoms with E-state index in [2.05, 4.69) is 69.3 Å². The van der Waals surface area contributed by atoms with Crippen molar-refractivity contribution in [1.29, 1.82) is 0 Å². The number of benzene rings is 3. The number of hydrogen-bond acceptors (Lipinski definition) is 0. The van der Waals surface area contributed by atoms with Crippen LogP contribution in [-0.4, -0.2) is 0 Å². The van der Waals surface area contributed by atoms with Crippen molar-refractivity contribution in [2.24, 2.45) is 0 Å². The minimum absolute atomic E-state index is 0.593. The van der Waals surface area contributed by atoms with Gasteiger partial charge in [0.25, 0.3) is 0 Å². The fourth-order valence-electron chi connectivity index (χ4n) is 3.37. The molecule has 20 heavy (non-hydrogen) atoms. The largest absolute Gasteiger partial charge is 0.0648 e. The maximum absolute atomic E-state index is 2.35. The van der Waals surface area contributed by atoms with Gasteiger partial charge in [0.2, 0.25) is 0 Å². The minimum Gasteiger partial charge on any atom is -0.0648 e. The summed E-state index contributed by atoms with van der Waals surface area (Å²) in [4.78, 5) is 0. The summed E-state index contributed by atoms with van der Waals surface area (Å²) in [7, 11) is 0. The first-order valence-electron chi connectivity index (χ1n) is 7.70. The van der Waals surface area contributed by atoms with Crippen molar-refractivity contribution in [2.75, 3.05) is 0 Å². The molecule has 0 nitrogen and oxygen atoms in total. The van der Waals surface area contributed by atoms with Crippen LogP contribution in [0.25, 0.3) is 21.5 Å². The Morgan fingerprint density at radius 1 is 0.750 bits per heavy atom. The highest BCUT2D eigenvalue weighted by atomic mass is 14.2. The average molecular weight is 262 g/mol. The molecule has 0 aliphatic rings. The van der Waals surface area contributed by atoms with Crippen LogP contribution in [0.5, 0.6) is 0 Å². The van der Waals surface area contributed by atoms with Crippen LogP contribution in [0.2, 0.25) is 0 Å². The fraction of sp³-hybridized carbons (Fsp3) is 0.300. The molecule has 0 N–H and O–H groups in total. The van der Waals surface area contributed by atoms with E-state index in [-0.39, 0.29) is 0 Å². The zero-order valence-electron chi connectivity index (χ0n) is 12.6. The molecule has 0 aliphatic heterocycles. The molecular weight excluding hydrogens is 240 g/mol. The zero-order valence-corrected chi connectivity index (χ0v) is 12.6. The third-order valence-corrected chi connectivity index (χ3v) is 4.54. The average Bonchev–Trinajstić information content (AvgIpc) is 2.51. The molecule has 0 aromatic heterocycles. The van der Waals surface area contributed by atoms with Crippen LogP contribution in [0, 0.1) is 0 Å². The molecule has 0 bridgehead atoms. The Balaban J connectivity index is 2.56. The van der Waals surface area contributed by atoms with Gasteiger partial charge in [0.05, 0.1) is 0 Å². The van der Waals surface area contributed by atoms with Gasteiger partial charge in [-0.3, -0.25) is 0 Å². The van der Waals surface area contributed by atoms with Crippen LogP contribution < -0.4 is 0 Å². The second-order valence-corrected chi connectivity index (χ2v) is 5.65. The van der Waals surface area contributed by atoms with Crippen LogP contribution in [-0.2, 0) is 6.42 Å². The Labute approximate surface area is 121 Å². The van der Waals surface area contributed by atoms with E-state index in [1.54, 1.807) is 0 Å². The van der Waals surface area contributed by atoms with E-state index in [0.717, 1.165) is 6.42 Å². The van der Waals surface area contributed by atoms with Gasteiger partial charge in [-0.1, -0.05) is 69.3 Å². The van der Waals surface area contributed by atoms with Crippen LogP contribution in [0.4, 0.5) is 0 Å². The lowest BCUT2D eigenvalue weighted by molar-refractivity contribution is 0.745. The van der Waals surface area contributed by atoms with E-state index in [0.29, 0.717) is 5.92 Å². The van der Waals surface area contributed by atoms with Gasteiger partial charge < -0.3 is 0 Å². The lowest BCUT2D eigenvalue weighted by Gasteiger charge is -2.19. The lowest BCUT2D eigenvalue weighted by atomic mass is 9.85. The smallest absolute Gasteiger partial charge is 0.0140 e. The summed E-state index contributed by atoms with van der Waals surface area (Å²) >= 11 is 0. The quantitative estimate of drug-likeness (QED) is 0.502. The molecule has 1 unspecified atom stereocenters. The van der Waals surface area contributed by atoms with E-state index in [9.17, 15) is 0 Å². The standard InChI is InChI=1S/C20H22/c1-4-14(3)20-18-12-8-6-10-16(18)15(5-2)17-11-7-9-13-19(17)20/h6-14H,4-5H2,1-3H3. The molecule has 3 rings (SSSR count). The molecule has 102 valence electrons. The summed E-state index contributed by atoms with van der Waals surface area (Å²) in [6, 6.07) is 17.8. The SMILES string of the molecule is CCc1c2ccccc2c(C(C)CC)c2ccccc12. The van der Waals surface area contributed by atoms with Crippen molar-refractivity contribution in [1.82, 2.24) is 0 Å². The maximum atomic E-state index is 2.35. The summed E-state index contributed by atoms with van der Waals surface area (Å²) in [6.45, 7) is 6.89. The zero-order chi connectivity index (χ0) is 14.1. The van der Waals surface area contributed by atoms with Crippen molar-refractivity contribution < 1.29 is 0 Å². The van der Waals surface area contributed by atoms with Crippen LogP contribution >= 0.6 is 0 Å². The molecule has 1 atom stereocenters. The van der Waals surface area contributed by atoms with Gasteiger partial charge in [0.15, 0.2) is 0 Å². The summed E-state index contributed by atoms with van der Waals surface area (Å²) in [6.07, 6.45) is 2.27. The first-order chi connectivity index (χ1) is 9.77. The Hall–Kier alpha value is -1.82. The van der Waals surface area contributed by atoms with Gasteiger partial charge in [0.1, 0.15) is 0 Å². The third kappa shape index (κ3) is 1.91. The highest BCUT2D eigenvalue weighted by Crippen LogP contribution is 2.38. The maximum Gasteiger partial charge on any atom is -0.0140 e. The third-order valence-electron chi connectivity index (χ3n) is 4.54. The van der Waals surface area contributed by atoms with E-state index in [1.165, 1.54) is 39.1 Å². The number of rotatable bonds is 3. The summed E-state index contributed by atoms with van der Waals surface area (Å²) < 4.78 is 0. The van der Waals surface area contributed by atoms with Crippen LogP contribution in [0.3, 0.4) is 0 Å². The van der Waals surface area contributed by atoms with Gasteiger partial charge in [-0.05, 0) is 51.4 Å². The highest BCUT2D eigenvalue weighted by molar-refractivity contribution is 6.06. The summed E-state index contributed by atoms with van der Waals surface area (Å²) in [5.74, 6) is 0.593. The van der Waals surface area contributed by atoms with Gasteiger partial charge in [0, 0.05) is 0 Å².